The van der Waals surface area contributed by atoms with Gasteiger partial charge in [-0.15, -0.1) is 5.11 Å². The molecule has 5 heteroatoms. The highest BCUT2D eigenvalue weighted by Gasteiger charge is 2.38. The van der Waals surface area contributed by atoms with Crippen molar-refractivity contribution >= 4 is 5.91 Å². The highest BCUT2D eigenvalue weighted by molar-refractivity contribution is 5.96. The third kappa shape index (κ3) is 0.863. The Bertz CT molecular complexity index is 407. The van der Waals surface area contributed by atoms with Crippen LogP contribution in [0.5, 0.6) is 0 Å². The highest BCUT2D eigenvalue weighted by atomic mass is 16.2. The van der Waals surface area contributed by atoms with Gasteiger partial charge in [-0.2, -0.15) is 5.11 Å². The number of allylic oxidation sites excluding steroid dienone is 2. The minimum Gasteiger partial charge on any atom is -0.365 e. The van der Waals surface area contributed by atoms with E-state index in [9.17, 15) is 4.79 Å². The minimum absolute atomic E-state index is 0.0324. The summed E-state index contributed by atoms with van der Waals surface area (Å²) in [6.07, 6.45) is 9.12. The van der Waals surface area contributed by atoms with Gasteiger partial charge in [-0.05, 0) is 12.2 Å². The van der Waals surface area contributed by atoms with Gasteiger partial charge in [-0.1, -0.05) is 0 Å². The molecule has 70 valence electrons. The number of nitrogens with zero attached hydrogens (tertiary/aromatic N) is 3. The van der Waals surface area contributed by atoms with Crippen molar-refractivity contribution in [2.24, 2.45) is 10.2 Å². The Hall–Kier alpha value is -1.91. The van der Waals surface area contributed by atoms with Crippen molar-refractivity contribution < 1.29 is 4.79 Å². The van der Waals surface area contributed by atoms with Gasteiger partial charge in [0.1, 0.15) is 6.04 Å². The van der Waals surface area contributed by atoms with E-state index in [0.717, 1.165) is 0 Å². The van der Waals surface area contributed by atoms with E-state index in [1.807, 2.05) is 29.6 Å². The second kappa shape index (κ2) is 2.54. The summed E-state index contributed by atoms with van der Waals surface area (Å²) in [6, 6.07) is -0.0324. The highest BCUT2D eigenvalue weighted by Crippen LogP contribution is 2.27. The number of carbonyl (C=O) groups excluding carboxylic acids is 1. The molecule has 1 amide bonds. The molecule has 3 heterocycles. The van der Waals surface area contributed by atoms with Gasteiger partial charge in [0.2, 0.25) is 0 Å². The van der Waals surface area contributed by atoms with Gasteiger partial charge in [0.05, 0.1) is 0 Å². The van der Waals surface area contributed by atoms with Crippen molar-refractivity contribution in [2.45, 2.75) is 12.2 Å². The van der Waals surface area contributed by atoms with Crippen LogP contribution in [0.25, 0.3) is 0 Å². The van der Waals surface area contributed by atoms with Crippen molar-refractivity contribution in [2.75, 3.05) is 0 Å². The lowest BCUT2D eigenvalue weighted by Crippen LogP contribution is -2.51. The average molecular weight is 188 g/mol. The van der Waals surface area contributed by atoms with Crippen molar-refractivity contribution in [3.63, 3.8) is 0 Å². The van der Waals surface area contributed by atoms with Crippen molar-refractivity contribution in [1.82, 2.24) is 10.2 Å². The van der Waals surface area contributed by atoms with Crippen LogP contribution in [0.1, 0.15) is 0 Å². The average Bonchev–Trinajstić information content (AvgIpc) is 2.24. The van der Waals surface area contributed by atoms with E-state index in [-0.39, 0.29) is 18.1 Å². The van der Waals surface area contributed by atoms with Crippen molar-refractivity contribution in [3.8, 4) is 0 Å². The van der Waals surface area contributed by atoms with Crippen molar-refractivity contribution in [3.05, 3.63) is 36.3 Å². The molecule has 0 fully saturated rings. The zero-order chi connectivity index (χ0) is 9.54. The van der Waals surface area contributed by atoms with E-state index >= 15 is 0 Å². The van der Waals surface area contributed by atoms with Gasteiger partial charge in [-0.25, -0.2) is 0 Å². The molecule has 0 bridgehead atoms. The first-order chi connectivity index (χ1) is 6.86. The number of rotatable bonds is 0. The van der Waals surface area contributed by atoms with E-state index in [1.54, 1.807) is 6.08 Å². The minimum atomic E-state index is -0.238. The summed E-state index contributed by atoms with van der Waals surface area (Å²) in [6.45, 7) is 0. The standard InChI is InChI=1S/C9H8N4O/c14-9-6-2-1-4-13-5-3-10-8(7(6)13)11-12-9/h1-5,7-8,10H/t7-,8+/m0/s1. The summed E-state index contributed by atoms with van der Waals surface area (Å²) < 4.78 is 0. The summed E-state index contributed by atoms with van der Waals surface area (Å²) in [5.74, 6) is -0.238. The first-order valence-corrected chi connectivity index (χ1v) is 4.40. The monoisotopic (exact) mass is 188 g/mol. The Morgan fingerprint density at radius 2 is 2.36 bits per heavy atom. The molecular weight excluding hydrogens is 180 g/mol. The molecule has 0 saturated heterocycles. The van der Waals surface area contributed by atoms with Gasteiger partial charge in [0.25, 0.3) is 5.91 Å². The van der Waals surface area contributed by atoms with Crippen LogP contribution in [0.3, 0.4) is 0 Å². The Balaban J connectivity index is 2.13. The number of hydrogen-bond acceptors (Lipinski definition) is 4. The zero-order valence-corrected chi connectivity index (χ0v) is 7.29. The second-order valence-electron chi connectivity index (χ2n) is 3.30. The van der Waals surface area contributed by atoms with Crippen LogP contribution in [-0.4, -0.2) is 23.0 Å². The summed E-state index contributed by atoms with van der Waals surface area (Å²) in [4.78, 5) is 13.4. The van der Waals surface area contributed by atoms with Gasteiger partial charge < -0.3 is 10.2 Å². The van der Waals surface area contributed by atoms with Crippen LogP contribution in [0, 0.1) is 0 Å². The normalized spacial score (nSPS) is 32.4. The molecule has 0 radical (unpaired) electrons. The maximum absolute atomic E-state index is 11.4. The van der Waals surface area contributed by atoms with E-state index in [1.165, 1.54) is 0 Å². The molecule has 5 nitrogen and oxygen atoms in total. The molecule has 0 aliphatic carbocycles. The lowest BCUT2D eigenvalue weighted by atomic mass is 9.97. The largest absolute Gasteiger partial charge is 0.365 e. The summed E-state index contributed by atoms with van der Waals surface area (Å²) in [7, 11) is 0. The first kappa shape index (κ1) is 7.49. The van der Waals surface area contributed by atoms with Crippen LogP contribution in [0.2, 0.25) is 0 Å². The molecular formula is C9H8N4O. The molecule has 0 saturated carbocycles. The molecule has 3 rings (SSSR count). The molecule has 0 aromatic heterocycles. The third-order valence-electron chi connectivity index (χ3n) is 2.51. The fraction of sp³-hybridized carbons (Fsp3) is 0.222. The fourth-order valence-corrected chi connectivity index (χ4v) is 1.86. The molecule has 0 aromatic carbocycles. The van der Waals surface area contributed by atoms with Crippen LogP contribution < -0.4 is 5.32 Å². The lowest BCUT2D eigenvalue weighted by Gasteiger charge is -2.38. The predicted molar refractivity (Wildman–Crippen MR) is 48.8 cm³/mol. The molecule has 14 heavy (non-hydrogen) atoms. The van der Waals surface area contributed by atoms with E-state index < -0.39 is 0 Å². The SMILES string of the molecule is O=C1N=N[C@H]2NC=CN3C=CC=C1[C@@H]23. The quantitative estimate of drug-likeness (QED) is 0.602. The first-order valence-electron chi connectivity index (χ1n) is 4.40. The predicted octanol–water partition coefficient (Wildman–Crippen LogP) is 0.504. The zero-order valence-electron chi connectivity index (χ0n) is 7.29. The van der Waals surface area contributed by atoms with Gasteiger partial charge in [0, 0.05) is 24.2 Å². The van der Waals surface area contributed by atoms with Gasteiger partial charge in [-0.3, -0.25) is 4.79 Å². The Morgan fingerprint density at radius 3 is 3.29 bits per heavy atom. The number of hydrogen-bond donors (Lipinski definition) is 1. The Kier molecular flexibility index (Phi) is 1.36. The van der Waals surface area contributed by atoms with Gasteiger partial charge in [0.15, 0.2) is 6.17 Å². The van der Waals surface area contributed by atoms with Gasteiger partial charge >= 0.3 is 0 Å². The summed E-state index contributed by atoms with van der Waals surface area (Å²) in [5, 5.41) is 10.6. The molecule has 0 aromatic rings. The lowest BCUT2D eigenvalue weighted by molar-refractivity contribution is -0.116. The number of nitrogens with one attached hydrogen (secondary N) is 1. The Labute approximate surface area is 80.5 Å². The molecule has 3 aliphatic heterocycles. The van der Waals surface area contributed by atoms with E-state index in [4.69, 9.17) is 0 Å². The van der Waals surface area contributed by atoms with Crippen LogP contribution in [0.4, 0.5) is 0 Å². The maximum atomic E-state index is 11.4. The van der Waals surface area contributed by atoms with Crippen LogP contribution >= 0.6 is 0 Å². The third-order valence-corrected chi connectivity index (χ3v) is 2.51. The molecule has 0 spiro atoms. The second-order valence-corrected chi connectivity index (χ2v) is 3.30. The molecule has 0 unspecified atom stereocenters. The van der Waals surface area contributed by atoms with Crippen molar-refractivity contribution in [1.29, 1.82) is 0 Å². The summed E-state index contributed by atoms with van der Waals surface area (Å²) >= 11 is 0. The maximum Gasteiger partial charge on any atom is 0.293 e. The fourth-order valence-electron chi connectivity index (χ4n) is 1.86. The number of amides is 1. The van der Waals surface area contributed by atoms with E-state index in [2.05, 4.69) is 15.5 Å². The topological polar surface area (TPSA) is 57.1 Å². The molecule has 1 N–H and O–H groups in total. The van der Waals surface area contributed by atoms with E-state index in [0.29, 0.717) is 5.57 Å². The number of azo groups is 1. The molecule has 3 aliphatic rings. The van der Waals surface area contributed by atoms with Crippen LogP contribution in [0.15, 0.2) is 46.6 Å². The smallest absolute Gasteiger partial charge is 0.293 e. The summed E-state index contributed by atoms with van der Waals surface area (Å²) in [5.41, 5.74) is 0.698. The Morgan fingerprint density at radius 1 is 1.43 bits per heavy atom. The molecule has 2 atom stereocenters. The number of carbonyl (C=O) groups is 1. The van der Waals surface area contributed by atoms with Crippen LogP contribution in [-0.2, 0) is 4.79 Å².